The number of amides is 4. The molecule has 0 unspecified atom stereocenters. The van der Waals surface area contributed by atoms with Crippen LogP contribution in [0.4, 0.5) is 10.5 Å². The molecule has 1 saturated heterocycles. The second-order valence-corrected chi connectivity index (χ2v) is 6.35. The molecule has 8 heteroatoms. The van der Waals surface area contributed by atoms with Gasteiger partial charge in [0.05, 0.1) is 5.92 Å². The molecule has 1 aliphatic rings. The molecular weight excluding hydrogens is 350 g/mol. The zero-order chi connectivity index (χ0) is 20.0. The van der Waals surface area contributed by atoms with Crippen LogP contribution in [0.15, 0.2) is 24.3 Å². The van der Waals surface area contributed by atoms with E-state index >= 15 is 0 Å². The van der Waals surface area contributed by atoms with Crippen molar-refractivity contribution in [3.05, 3.63) is 29.8 Å². The molecular formula is C19H25N3O5. The van der Waals surface area contributed by atoms with Gasteiger partial charge >= 0.3 is 12.0 Å². The lowest BCUT2D eigenvalue weighted by molar-refractivity contribution is -0.158. The van der Waals surface area contributed by atoms with Gasteiger partial charge in [-0.3, -0.25) is 19.7 Å². The summed E-state index contributed by atoms with van der Waals surface area (Å²) in [5.41, 5.74) is 1.89. The van der Waals surface area contributed by atoms with Gasteiger partial charge < -0.3 is 15.0 Å². The highest BCUT2D eigenvalue weighted by atomic mass is 16.5. The molecule has 1 fully saturated rings. The smallest absolute Gasteiger partial charge is 0.321 e. The van der Waals surface area contributed by atoms with Crippen LogP contribution in [0.2, 0.25) is 0 Å². The Morgan fingerprint density at radius 2 is 1.89 bits per heavy atom. The summed E-state index contributed by atoms with van der Waals surface area (Å²) < 4.78 is 5.13. The first-order chi connectivity index (χ1) is 12.8. The number of carbonyl (C=O) groups excluding carboxylic acids is 4. The first-order valence-corrected chi connectivity index (χ1v) is 9.04. The van der Waals surface area contributed by atoms with E-state index in [1.165, 1.54) is 6.92 Å². The topological polar surface area (TPSA) is 105 Å². The van der Waals surface area contributed by atoms with Crippen LogP contribution in [-0.4, -0.2) is 43.0 Å². The molecule has 2 N–H and O–H groups in total. The molecule has 0 aromatic heterocycles. The second-order valence-electron chi connectivity index (χ2n) is 6.35. The van der Waals surface area contributed by atoms with Crippen molar-refractivity contribution in [2.75, 3.05) is 18.0 Å². The first kappa shape index (κ1) is 20.4. The molecule has 2 atom stereocenters. The Kier molecular flexibility index (Phi) is 6.92. The summed E-state index contributed by atoms with van der Waals surface area (Å²) in [6.07, 6.45) is -0.202. The normalized spacial score (nSPS) is 17.4. The maximum atomic E-state index is 12.3. The number of carbonyl (C=O) groups is 4. The molecule has 1 aromatic rings. The number of nitrogens with zero attached hydrogens (tertiary/aromatic N) is 1. The number of anilines is 1. The van der Waals surface area contributed by atoms with Crippen molar-refractivity contribution in [3.63, 3.8) is 0 Å². The molecule has 0 radical (unpaired) electrons. The zero-order valence-electron chi connectivity index (χ0n) is 15.8. The van der Waals surface area contributed by atoms with E-state index < -0.39 is 29.9 Å². The number of rotatable bonds is 6. The van der Waals surface area contributed by atoms with Crippen LogP contribution in [0.5, 0.6) is 0 Å². The van der Waals surface area contributed by atoms with Gasteiger partial charge in [-0.25, -0.2) is 4.79 Å². The van der Waals surface area contributed by atoms with Crippen molar-refractivity contribution in [3.8, 4) is 0 Å². The molecule has 0 bridgehead atoms. The molecule has 0 aliphatic carbocycles. The Labute approximate surface area is 158 Å². The van der Waals surface area contributed by atoms with Crippen molar-refractivity contribution >= 4 is 29.5 Å². The number of hydrogen-bond acceptors (Lipinski definition) is 5. The Bertz CT molecular complexity index is 717. The minimum Gasteiger partial charge on any atom is -0.452 e. The van der Waals surface area contributed by atoms with E-state index in [9.17, 15) is 19.2 Å². The Morgan fingerprint density at radius 3 is 2.48 bits per heavy atom. The highest BCUT2D eigenvalue weighted by molar-refractivity contribution is 6.00. The predicted molar refractivity (Wildman–Crippen MR) is 99.0 cm³/mol. The summed E-state index contributed by atoms with van der Waals surface area (Å²) >= 11 is 0. The number of benzene rings is 1. The number of nitrogens with one attached hydrogen (secondary N) is 2. The third-order valence-electron chi connectivity index (χ3n) is 4.35. The molecule has 0 saturated carbocycles. The maximum Gasteiger partial charge on any atom is 0.321 e. The van der Waals surface area contributed by atoms with Crippen LogP contribution >= 0.6 is 0 Å². The van der Waals surface area contributed by atoms with Crippen LogP contribution < -0.4 is 15.5 Å². The molecule has 1 aromatic carbocycles. The van der Waals surface area contributed by atoms with Gasteiger partial charge in [-0.2, -0.15) is 0 Å². The van der Waals surface area contributed by atoms with Gasteiger partial charge in [0.25, 0.3) is 5.91 Å². The SMILES string of the molecule is CCNC(=O)NC(=O)[C@H](C)OC(=O)[C@@H]1CC(=O)N(c2ccc(CC)cc2)C1. The monoisotopic (exact) mass is 375 g/mol. The lowest BCUT2D eigenvalue weighted by Gasteiger charge is -2.18. The van der Waals surface area contributed by atoms with Crippen LogP contribution in [0, 0.1) is 5.92 Å². The third-order valence-corrected chi connectivity index (χ3v) is 4.35. The first-order valence-electron chi connectivity index (χ1n) is 9.04. The molecule has 2 rings (SSSR count). The second kappa shape index (κ2) is 9.16. The average Bonchev–Trinajstić information content (AvgIpc) is 3.03. The summed E-state index contributed by atoms with van der Waals surface area (Å²) in [5.74, 6) is -2.16. The molecule has 27 heavy (non-hydrogen) atoms. The van der Waals surface area contributed by atoms with E-state index in [4.69, 9.17) is 4.74 Å². The number of urea groups is 1. The van der Waals surface area contributed by atoms with Crippen molar-refractivity contribution in [1.29, 1.82) is 0 Å². The van der Waals surface area contributed by atoms with Crippen molar-refractivity contribution in [1.82, 2.24) is 10.6 Å². The van der Waals surface area contributed by atoms with Gasteiger partial charge in [-0.1, -0.05) is 19.1 Å². The Hall–Kier alpha value is -2.90. The quantitative estimate of drug-likeness (QED) is 0.731. The fraction of sp³-hybridized carbons (Fsp3) is 0.474. The third kappa shape index (κ3) is 5.29. The molecule has 146 valence electrons. The lowest BCUT2D eigenvalue weighted by atomic mass is 10.1. The van der Waals surface area contributed by atoms with Crippen LogP contribution in [0.25, 0.3) is 0 Å². The van der Waals surface area contributed by atoms with Crippen LogP contribution in [0.3, 0.4) is 0 Å². The number of aryl methyl sites for hydroxylation is 1. The number of ether oxygens (including phenoxy) is 1. The Morgan fingerprint density at radius 1 is 1.22 bits per heavy atom. The van der Waals surface area contributed by atoms with E-state index in [1.54, 1.807) is 11.8 Å². The maximum absolute atomic E-state index is 12.3. The van der Waals surface area contributed by atoms with Gasteiger partial charge in [0.1, 0.15) is 0 Å². The standard InChI is InChI=1S/C19H25N3O5/c1-4-13-6-8-15(9-7-13)22-11-14(10-16(22)23)18(25)27-12(3)17(24)21-19(26)20-5-2/h6-9,12,14H,4-5,10-11H2,1-3H3,(H2,20,21,24,26)/t12-,14+/m0/s1. The Balaban J connectivity index is 1.92. The number of imide groups is 1. The summed E-state index contributed by atoms with van der Waals surface area (Å²) in [6.45, 7) is 5.71. The van der Waals surface area contributed by atoms with Crippen LogP contribution in [-0.2, 0) is 25.5 Å². The molecule has 8 nitrogen and oxygen atoms in total. The van der Waals surface area contributed by atoms with E-state index in [-0.39, 0.29) is 18.9 Å². The summed E-state index contributed by atoms with van der Waals surface area (Å²) in [7, 11) is 0. The fourth-order valence-electron chi connectivity index (χ4n) is 2.77. The fourth-order valence-corrected chi connectivity index (χ4v) is 2.77. The minimum atomic E-state index is -1.13. The van der Waals surface area contributed by atoms with Gasteiger partial charge in [0, 0.05) is 25.2 Å². The summed E-state index contributed by atoms with van der Waals surface area (Å²) in [4.78, 5) is 49.3. The lowest BCUT2D eigenvalue weighted by Crippen LogP contribution is -2.45. The predicted octanol–water partition coefficient (Wildman–Crippen LogP) is 1.38. The highest BCUT2D eigenvalue weighted by Crippen LogP contribution is 2.26. The van der Waals surface area contributed by atoms with E-state index in [1.807, 2.05) is 31.2 Å². The van der Waals surface area contributed by atoms with E-state index in [0.717, 1.165) is 17.7 Å². The van der Waals surface area contributed by atoms with Gasteiger partial charge in [0.15, 0.2) is 6.10 Å². The highest BCUT2D eigenvalue weighted by Gasteiger charge is 2.37. The van der Waals surface area contributed by atoms with Crippen molar-refractivity contribution < 1.29 is 23.9 Å². The van der Waals surface area contributed by atoms with Gasteiger partial charge in [0.2, 0.25) is 5.91 Å². The number of esters is 1. The molecule has 0 spiro atoms. The van der Waals surface area contributed by atoms with Gasteiger partial charge in [-0.15, -0.1) is 0 Å². The van der Waals surface area contributed by atoms with Crippen LogP contribution in [0.1, 0.15) is 32.8 Å². The zero-order valence-corrected chi connectivity index (χ0v) is 15.8. The van der Waals surface area contributed by atoms with Gasteiger partial charge in [-0.05, 0) is 38.0 Å². The summed E-state index contributed by atoms with van der Waals surface area (Å²) in [6, 6.07) is 6.95. The largest absolute Gasteiger partial charge is 0.452 e. The average molecular weight is 375 g/mol. The van der Waals surface area contributed by atoms with E-state index in [2.05, 4.69) is 10.6 Å². The number of hydrogen-bond donors (Lipinski definition) is 2. The molecule has 4 amide bonds. The molecule has 1 aliphatic heterocycles. The molecule has 1 heterocycles. The van der Waals surface area contributed by atoms with Crippen molar-refractivity contribution in [2.45, 2.75) is 39.7 Å². The minimum absolute atomic E-state index is 0.0268. The van der Waals surface area contributed by atoms with E-state index in [0.29, 0.717) is 6.54 Å². The van der Waals surface area contributed by atoms with Crippen molar-refractivity contribution in [2.24, 2.45) is 5.92 Å². The summed E-state index contributed by atoms with van der Waals surface area (Å²) in [5, 5.41) is 4.50.